The predicted molar refractivity (Wildman–Crippen MR) is 99.6 cm³/mol. The second kappa shape index (κ2) is 5.85. The van der Waals surface area contributed by atoms with Gasteiger partial charge >= 0.3 is 0 Å². The maximum Gasteiger partial charge on any atom is 0.190 e. The molecule has 0 amide bonds. The van der Waals surface area contributed by atoms with Gasteiger partial charge in [0.05, 0.1) is 7.45 Å². The summed E-state index contributed by atoms with van der Waals surface area (Å²) in [7, 11) is 0. The minimum atomic E-state index is -3.03. The van der Waals surface area contributed by atoms with Crippen LogP contribution < -0.4 is 0 Å². The van der Waals surface area contributed by atoms with Crippen molar-refractivity contribution in [2.75, 3.05) is 6.61 Å². The van der Waals surface area contributed by atoms with Crippen LogP contribution in [0.1, 0.15) is 51.9 Å². The number of carbonyl (C=O) groups excluding carboxylic acids is 2. The fourth-order valence-corrected chi connectivity index (χ4v) is 6.29. The zero-order valence-electron chi connectivity index (χ0n) is 20.0. The van der Waals surface area contributed by atoms with Crippen LogP contribution in [0.25, 0.3) is 0 Å². The van der Waals surface area contributed by atoms with Gasteiger partial charge in [-0.05, 0) is 55.5 Å². The Balaban J connectivity index is 2.01. The van der Waals surface area contributed by atoms with E-state index in [1.54, 1.807) is 6.92 Å². The highest BCUT2D eigenvalue weighted by Crippen LogP contribution is 2.67. The summed E-state index contributed by atoms with van der Waals surface area (Å²) in [6.07, 6.45) is -1.23. The largest absolute Gasteiger partial charge is 0.393 e. The molecule has 0 aromatic rings. The third kappa shape index (κ3) is 2.28. The van der Waals surface area contributed by atoms with Gasteiger partial charge in [-0.25, -0.2) is 0 Å². The SMILES string of the molecule is [2H]C1([2H])[C@@]([2H])(O)[C@@]2([2H])C(C[C@H](C)C3=CC(=O)C=C[C@@]32C)[C@@H]2CC[C@](O)(C(=O)CO)[C@]21C. The summed E-state index contributed by atoms with van der Waals surface area (Å²) in [4.78, 5) is 24.7. The lowest BCUT2D eigenvalue weighted by Gasteiger charge is -2.60. The van der Waals surface area contributed by atoms with Crippen LogP contribution in [0, 0.1) is 34.5 Å². The van der Waals surface area contributed by atoms with Crippen LogP contribution in [0.4, 0.5) is 0 Å². The highest BCUT2D eigenvalue weighted by atomic mass is 16.3. The monoisotopic (exact) mass is 378 g/mol. The van der Waals surface area contributed by atoms with Gasteiger partial charge in [0.2, 0.25) is 0 Å². The van der Waals surface area contributed by atoms with E-state index in [0.717, 1.165) is 0 Å². The van der Waals surface area contributed by atoms with Crippen molar-refractivity contribution in [3.63, 3.8) is 0 Å². The molecule has 0 bridgehead atoms. The molecule has 0 aromatic heterocycles. The average Bonchev–Trinajstić information content (AvgIpc) is 2.98. The van der Waals surface area contributed by atoms with Gasteiger partial charge in [0.15, 0.2) is 11.6 Å². The van der Waals surface area contributed by atoms with Crippen molar-refractivity contribution in [1.29, 1.82) is 0 Å². The molecule has 4 aliphatic rings. The molecule has 3 N–H and O–H groups in total. The molecule has 1 unspecified atom stereocenters. The molecule has 0 aliphatic heterocycles. The van der Waals surface area contributed by atoms with Crippen LogP contribution in [0.3, 0.4) is 0 Å². The van der Waals surface area contributed by atoms with E-state index in [1.165, 1.54) is 25.2 Å². The average molecular weight is 379 g/mol. The molecular formula is C22H30O5. The minimum Gasteiger partial charge on any atom is -0.393 e. The number of aliphatic hydroxyl groups excluding tert-OH is 1. The van der Waals surface area contributed by atoms with E-state index in [-0.39, 0.29) is 24.5 Å². The molecule has 4 aliphatic carbocycles. The van der Waals surface area contributed by atoms with Crippen molar-refractivity contribution in [3.8, 4) is 0 Å². The first-order valence-electron chi connectivity index (χ1n) is 11.6. The number of Topliss-reactive ketones (excluding diaryl/α,β-unsaturated/α-hetero) is 1. The molecule has 0 radical (unpaired) electrons. The Kier molecular flexibility index (Phi) is 3.18. The van der Waals surface area contributed by atoms with Gasteiger partial charge in [0, 0.05) is 20.8 Å². The molecule has 3 saturated carbocycles. The highest BCUT2D eigenvalue weighted by molar-refractivity contribution is 6.01. The molecule has 4 rings (SSSR count). The van der Waals surface area contributed by atoms with Crippen molar-refractivity contribution in [3.05, 3.63) is 23.8 Å². The second-order valence-electron chi connectivity index (χ2n) is 8.96. The zero-order valence-corrected chi connectivity index (χ0v) is 16.0. The lowest BCUT2D eigenvalue weighted by atomic mass is 9.45. The molecular weight excluding hydrogens is 344 g/mol. The maximum atomic E-state index is 12.6. The smallest absolute Gasteiger partial charge is 0.190 e. The van der Waals surface area contributed by atoms with Gasteiger partial charge in [0.25, 0.3) is 0 Å². The fourth-order valence-electron chi connectivity index (χ4n) is 6.29. The van der Waals surface area contributed by atoms with Gasteiger partial charge in [-0.3, -0.25) is 9.59 Å². The summed E-state index contributed by atoms with van der Waals surface area (Å²) in [5, 5.41) is 32.4. The van der Waals surface area contributed by atoms with E-state index >= 15 is 0 Å². The molecule has 0 aromatic carbocycles. The number of fused-ring (bicyclic) bond motifs is 5. The zero-order chi connectivity index (χ0) is 23.4. The number of allylic oxidation sites excluding steroid dienone is 4. The van der Waals surface area contributed by atoms with E-state index in [9.17, 15) is 26.3 Å². The summed E-state index contributed by atoms with van der Waals surface area (Å²) >= 11 is 0. The van der Waals surface area contributed by atoms with E-state index < -0.39 is 59.0 Å². The molecule has 27 heavy (non-hydrogen) atoms. The van der Waals surface area contributed by atoms with Crippen LogP contribution in [-0.2, 0) is 9.59 Å². The van der Waals surface area contributed by atoms with Gasteiger partial charge < -0.3 is 15.3 Å². The standard InChI is InChI=1S/C22H30O5/c1-12-8-14-15-5-7-22(27,18(26)11-23)21(15,3)10-17(25)19(14)20(2)6-4-13(24)9-16(12)20/h4,6,9,12,14-15,17,19,23,25,27H,5,7-8,10-11H2,1-3H3/t12-,14?,15-,17+,19+,20-,21-,22-/m0/s1/i10D2,17D,19D. The third-order valence-electron chi connectivity index (χ3n) is 7.69. The normalized spacial score (nSPS) is 60.7. The topological polar surface area (TPSA) is 94.8 Å². The van der Waals surface area contributed by atoms with Gasteiger partial charge in [-0.1, -0.05) is 32.4 Å². The molecule has 0 saturated heterocycles. The molecule has 5 nitrogen and oxygen atoms in total. The van der Waals surface area contributed by atoms with Crippen LogP contribution >= 0.6 is 0 Å². The van der Waals surface area contributed by atoms with Crippen LogP contribution in [0.5, 0.6) is 0 Å². The van der Waals surface area contributed by atoms with Crippen LogP contribution in [-0.4, -0.2) is 45.2 Å². The first-order chi connectivity index (χ1) is 14.1. The van der Waals surface area contributed by atoms with Crippen molar-refractivity contribution in [1.82, 2.24) is 0 Å². The first-order valence-corrected chi connectivity index (χ1v) is 9.62. The number of carbonyl (C=O) groups is 2. The fraction of sp³-hybridized carbons (Fsp3) is 0.727. The van der Waals surface area contributed by atoms with E-state index in [4.69, 9.17) is 4.11 Å². The lowest BCUT2D eigenvalue weighted by Crippen LogP contribution is -2.62. The summed E-state index contributed by atoms with van der Waals surface area (Å²) in [6.45, 7) is 3.96. The third-order valence-corrected chi connectivity index (χ3v) is 7.69. The number of hydrogen-bond donors (Lipinski definition) is 3. The summed E-state index contributed by atoms with van der Waals surface area (Å²) in [5.41, 5.74) is -4.83. The lowest BCUT2D eigenvalue weighted by molar-refractivity contribution is -0.180. The number of aliphatic hydroxyl groups is 3. The Labute approximate surface area is 165 Å². The summed E-state index contributed by atoms with van der Waals surface area (Å²) in [6, 6.07) is 0. The van der Waals surface area contributed by atoms with Crippen molar-refractivity contribution < 1.29 is 30.4 Å². The Hall–Kier alpha value is -1.30. The quantitative estimate of drug-likeness (QED) is 0.681. The first kappa shape index (κ1) is 14.7. The Morgan fingerprint density at radius 3 is 2.81 bits per heavy atom. The summed E-state index contributed by atoms with van der Waals surface area (Å²) < 4.78 is 36.3. The molecule has 5 heteroatoms. The Morgan fingerprint density at radius 1 is 1.44 bits per heavy atom. The van der Waals surface area contributed by atoms with Gasteiger partial charge in [-0.2, -0.15) is 0 Å². The maximum absolute atomic E-state index is 12.6. The molecule has 8 atom stereocenters. The molecule has 148 valence electrons. The van der Waals surface area contributed by atoms with Gasteiger partial charge in [0.1, 0.15) is 12.2 Å². The predicted octanol–water partition coefficient (Wildman–Crippen LogP) is 1.80. The van der Waals surface area contributed by atoms with Crippen molar-refractivity contribution >= 4 is 11.6 Å². The van der Waals surface area contributed by atoms with E-state index in [2.05, 4.69) is 0 Å². The van der Waals surface area contributed by atoms with E-state index in [0.29, 0.717) is 12.0 Å². The van der Waals surface area contributed by atoms with Crippen LogP contribution in [0.15, 0.2) is 23.8 Å². The van der Waals surface area contributed by atoms with E-state index in [1.807, 2.05) is 6.92 Å². The molecule has 0 heterocycles. The number of ketones is 2. The second-order valence-corrected chi connectivity index (χ2v) is 8.96. The minimum absolute atomic E-state index is 0.113. The number of hydrogen-bond acceptors (Lipinski definition) is 5. The molecule has 0 spiro atoms. The Bertz CT molecular complexity index is 929. The summed E-state index contributed by atoms with van der Waals surface area (Å²) in [5.74, 6) is -4.83. The molecule has 3 fully saturated rings. The number of rotatable bonds is 2. The highest BCUT2D eigenvalue weighted by Gasteiger charge is 2.68. The Morgan fingerprint density at radius 2 is 2.15 bits per heavy atom. The van der Waals surface area contributed by atoms with Crippen molar-refractivity contribution in [2.24, 2.45) is 34.5 Å². The van der Waals surface area contributed by atoms with Gasteiger partial charge in [-0.15, -0.1) is 0 Å². The van der Waals surface area contributed by atoms with Crippen LogP contribution in [0.2, 0.25) is 0 Å². The van der Waals surface area contributed by atoms with Crippen molar-refractivity contribution in [2.45, 2.75) is 58.1 Å².